The Morgan fingerprint density at radius 2 is 1.97 bits per heavy atom. The molecule has 210 valence electrons. The van der Waals surface area contributed by atoms with E-state index in [1.807, 2.05) is 18.0 Å². The number of thiophene rings is 1. The molecule has 1 aromatic carbocycles. The predicted octanol–water partition coefficient (Wildman–Crippen LogP) is 3.95. The molecular weight excluding hydrogens is 557 g/mol. The van der Waals surface area contributed by atoms with Gasteiger partial charge in [0.05, 0.1) is 35.2 Å². The Morgan fingerprint density at radius 1 is 1.21 bits per heavy atom. The summed E-state index contributed by atoms with van der Waals surface area (Å²) in [5, 5.41) is 7.37. The minimum absolute atomic E-state index is 0.104. The largest absolute Gasteiger partial charge is 0.488 e. The molecule has 13 heteroatoms. The first-order valence-corrected chi connectivity index (χ1v) is 18.9. The summed E-state index contributed by atoms with van der Waals surface area (Å²) in [6, 6.07) is 7.23. The molecular formula is C26H34N4O6S2Si. The monoisotopic (exact) mass is 590 g/mol. The van der Waals surface area contributed by atoms with E-state index in [2.05, 4.69) is 30.1 Å². The van der Waals surface area contributed by atoms with Crippen molar-refractivity contribution < 1.29 is 26.9 Å². The Hall–Kier alpha value is -2.71. The van der Waals surface area contributed by atoms with Gasteiger partial charge in [0.25, 0.3) is 16.0 Å². The van der Waals surface area contributed by atoms with Crippen LogP contribution in [0.15, 0.2) is 41.6 Å². The van der Waals surface area contributed by atoms with Crippen LogP contribution in [-0.2, 0) is 25.8 Å². The molecule has 4 heterocycles. The molecule has 0 bridgehead atoms. The second kappa shape index (κ2) is 11.0. The van der Waals surface area contributed by atoms with Gasteiger partial charge in [0.15, 0.2) is 5.75 Å². The van der Waals surface area contributed by atoms with Crippen molar-refractivity contribution in [3.05, 3.63) is 47.1 Å². The van der Waals surface area contributed by atoms with Gasteiger partial charge in [-0.25, -0.2) is 4.68 Å². The van der Waals surface area contributed by atoms with Crippen LogP contribution in [-0.4, -0.2) is 71.1 Å². The average molecular weight is 591 g/mol. The summed E-state index contributed by atoms with van der Waals surface area (Å²) in [5.41, 5.74) is 2.47. The summed E-state index contributed by atoms with van der Waals surface area (Å²) in [6.45, 7) is 10.9. The third-order valence-electron chi connectivity index (χ3n) is 6.69. The van der Waals surface area contributed by atoms with Crippen molar-refractivity contribution in [1.29, 1.82) is 0 Å². The van der Waals surface area contributed by atoms with Crippen LogP contribution in [0.3, 0.4) is 0 Å². The van der Waals surface area contributed by atoms with E-state index in [9.17, 15) is 13.2 Å². The van der Waals surface area contributed by atoms with Crippen LogP contribution in [0, 0.1) is 6.92 Å². The summed E-state index contributed by atoms with van der Waals surface area (Å²) in [5.74, 6) is 0.396. The Bertz CT molecular complexity index is 1450. The number of rotatable bonds is 10. The summed E-state index contributed by atoms with van der Waals surface area (Å²) in [7, 11) is -5.11. The first-order chi connectivity index (χ1) is 18.5. The Morgan fingerprint density at radius 3 is 2.72 bits per heavy atom. The first kappa shape index (κ1) is 27.8. The molecule has 2 aliphatic heterocycles. The Balaban J connectivity index is 1.34. The van der Waals surface area contributed by atoms with E-state index in [1.165, 1.54) is 23.5 Å². The molecule has 1 amide bonds. The quantitative estimate of drug-likeness (QED) is 0.215. The normalized spacial score (nSPS) is 17.4. The fourth-order valence-corrected chi connectivity index (χ4v) is 7.29. The lowest BCUT2D eigenvalue weighted by atomic mass is 10.1. The van der Waals surface area contributed by atoms with Gasteiger partial charge in [-0.1, -0.05) is 37.3 Å². The first-order valence-electron chi connectivity index (χ1n) is 12.9. The lowest BCUT2D eigenvalue weighted by Gasteiger charge is -2.35. The Labute approximate surface area is 234 Å². The van der Waals surface area contributed by atoms with Crippen molar-refractivity contribution >= 4 is 41.1 Å². The molecule has 2 aliphatic rings. The van der Waals surface area contributed by atoms with Gasteiger partial charge >= 0.3 is 0 Å². The minimum Gasteiger partial charge on any atom is -0.488 e. The summed E-state index contributed by atoms with van der Waals surface area (Å²) >= 11 is 1.35. The highest BCUT2D eigenvalue weighted by molar-refractivity contribution is 7.86. The molecule has 0 unspecified atom stereocenters. The lowest BCUT2D eigenvalue weighted by molar-refractivity contribution is 0.0786. The van der Waals surface area contributed by atoms with E-state index in [4.69, 9.17) is 13.7 Å². The van der Waals surface area contributed by atoms with Gasteiger partial charge in [0, 0.05) is 33.0 Å². The van der Waals surface area contributed by atoms with Crippen LogP contribution in [0.5, 0.6) is 5.75 Å². The van der Waals surface area contributed by atoms with Crippen molar-refractivity contribution in [1.82, 2.24) is 15.1 Å². The number of hydrogen-bond donors (Lipinski definition) is 1. The minimum atomic E-state index is -3.94. The van der Waals surface area contributed by atoms with Gasteiger partial charge in [-0.05, 0) is 25.1 Å². The third kappa shape index (κ3) is 6.22. The van der Waals surface area contributed by atoms with Gasteiger partial charge in [-0.2, -0.15) is 13.5 Å². The fraction of sp³-hybridized carbons (Fsp3) is 0.462. The molecule has 0 saturated heterocycles. The fourth-order valence-electron chi connectivity index (χ4n) is 4.45. The zero-order valence-electron chi connectivity index (χ0n) is 22.6. The van der Waals surface area contributed by atoms with E-state index in [1.54, 1.807) is 23.0 Å². The summed E-state index contributed by atoms with van der Waals surface area (Å²) in [6.07, 6.45) is 3.64. The molecule has 3 aromatic rings. The number of carbonyl (C=O) groups is 1. The van der Waals surface area contributed by atoms with Gasteiger partial charge in [-0.3, -0.25) is 8.98 Å². The molecule has 0 saturated carbocycles. The molecule has 1 atom stereocenters. The highest BCUT2D eigenvalue weighted by Gasteiger charge is 2.38. The van der Waals surface area contributed by atoms with Gasteiger partial charge in [0.2, 0.25) is 0 Å². The van der Waals surface area contributed by atoms with Crippen LogP contribution >= 0.6 is 11.3 Å². The van der Waals surface area contributed by atoms with E-state index in [0.29, 0.717) is 42.8 Å². The van der Waals surface area contributed by atoms with Crippen LogP contribution in [0.2, 0.25) is 25.7 Å². The van der Waals surface area contributed by atoms with Crippen molar-refractivity contribution in [2.24, 2.45) is 0 Å². The smallest absolute Gasteiger partial charge is 0.297 e. The average Bonchev–Trinajstić information content (AvgIpc) is 3.48. The van der Waals surface area contributed by atoms with E-state index in [-0.39, 0.29) is 30.0 Å². The molecule has 0 fully saturated rings. The highest BCUT2D eigenvalue weighted by Crippen LogP contribution is 2.50. The number of nitrogens with one attached hydrogen (secondary N) is 1. The number of benzene rings is 1. The number of anilines is 1. The van der Waals surface area contributed by atoms with Crippen LogP contribution in [0.25, 0.3) is 10.4 Å². The maximum atomic E-state index is 13.1. The number of aryl methyl sites for hydroxylation is 1. The maximum absolute atomic E-state index is 13.1. The molecule has 0 radical (unpaired) electrons. The molecule has 1 N–H and O–H groups in total. The van der Waals surface area contributed by atoms with E-state index < -0.39 is 18.2 Å². The summed E-state index contributed by atoms with van der Waals surface area (Å²) in [4.78, 5) is 16.5. The van der Waals surface area contributed by atoms with E-state index in [0.717, 1.165) is 22.0 Å². The number of hydrogen-bond acceptors (Lipinski definition) is 9. The molecule has 39 heavy (non-hydrogen) atoms. The van der Waals surface area contributed by atoms with Gasteiger partial charge in [0.1, 0.15) is 23.9 Å². The Kier molecular flexibility index (Phi) is 7.88. The number of aromatic nitrogens is 2. The van der Waals surface area contributed by atoms with Crippen molar-refractivity contribution in [2.45, 2.75) is 50.3 Å². The molecule has 10 nitrogen and oxygen atoms in total. The number of amides is 1. The molecule has 5 rings (SSSR count). The number of ether oxygens (including phenoxy) is 2. The maximum Gasteiger partial charge on any atom is 0.297 e. The molecule has 2 aromatic heterocycles. The summed E-state index contributed by atoms with van der Waals surface area (Å²) < 4.78 is 44.8. The molecule has 0 spiro atoms. The zero-order chi connectivity index (χ0) is 27.8. The van der Waals surface area contributed by atoms with E-state index >= 15 is 0 Å². The highest BCUT2D eigenvalue weighted by atomic mass is 32.2. The third-order valence-corrected chi connectivity index (χ3v) is 10.9. The van der Waals surface area contributed by atoms with Gasteiger partial charge < -0.3 is 19.7 Å². The van der Waals surface area contributed by atoms with Crippen molar-refractivity contribution in [3.63, 3.8) is 0 Å². The molecule has 0 aliphatic carbocycles. The second-order valence-electron chi connectivity index (χ2n) is 11.0. The topological polar surface area (TPSA) is 112 Å². The SMILES string of the molecule is Cc1ccc(S(=O)(=O)OC[C@@H]2CNC(=O)c3sc(-c4cnn(COCC[Si](C)(C)C)c4)c4c3N2CCO4)cc1. The van der Waals surface area contributed by atoms with Crippen molar-refractivity contribution in [3.8, 4) is 16.2 Å². The van der Waals surface area contributed by atoms with Crippen LogP contribution in [0.1, 0.15) is 15.2 Å². The number of nitrogens with zero attached hydrogens (tertiary/aromatic N) is 3. The van der Waals surface area contributed by atoms with Crippen LogP contribution in [0.4, 0.5) is 5.69 Å². The zero-order valence-corrected chi connectivity index (χ0v) is 25.2. The second-order valence-corrected chi connectivity index (χ2v) is 19.3. The van der Waals surface area contributed by atoms with Crippen LogP contribution < -0.4 is 15.0 Å². The lowest BCUT2D eigenvalue weighted by Crippen LogP contribution is -2.47. The van der Waals surface area contributed by atoms with Crippen molar-refractivity contribution in [2.75, 3.05) is 37.8 Å². The standard InChI is InChI=1S/C26H34N4O6S2Si/c1-18-5-7-21(8-6-18)38(32,33)36-16-20-14-27-26(31)25-22-23(35-10-9-30(20)22)24(37-25)19-13-28-29(15-19)17-34-11-12-39(2,3)4/h5-8,13,15,20H,9-12,14,16-17H2,1-4H3,(H,27,31)/t20-/m0/s1. The predicted molar refractivity (Wildman–Crippen MR) is 153 cm³/mol. The number of carbonyl (C=O) groups excluding carboxylic acids is 1. The van der Waals surface area contributed by atoms with Gasteiger partial charge in [-0.15, -0.1) is 11.3 Å².